The van der Waals surface area contributed by atoms with Crippen LogP contribution in [0.1, 0.15) is 37.3 Å². The second kappa shape index (κ2) is 7.19. The van der Waals surface area contributed by atoms with E-state index in [1.807, 2.05) is 30.2 Å². The summed E-state index contributed by atoms with van der Waals surface area (Å²) in [4.78, 5) is 36.2. The average molecular weight is 354 g/mol. The summed E-state index contributed by atoms with van der Waals surface area (Å²) in [5.74, 6) is 0.642. The molecule has 2 aromatic heterocycles. The van der Waals surface area contributed by atoms with Gasteiger partial charge in [0.1, 0.15) is 0 Å². The number of H-pyrrole nitrogens is 1. The number of hydrogen-bond donors (Lipinski definition) is 1. The van der Waals surface area contributed by atoms with Gasteiger partial charge in [-0.3, -0.25) is 19.5 Å². The van der Waals surface area contributed by atoms with Gasteiger partial charge < -0.3 is 9.88 Å². The molecular weight excluding hydrogens is 328 g/mol. The fourth-order valence-corrected chi connectivity index (χ4v) is 3.81. The Morgan fingerprint density at radius 2 is 2.00 bits per heavy atom. The third kappa shape index (κ3) is 3.38. The standard InChI is InChI=1S/C20H26N4O2/c1-2-15-11-17-18(22-19(15)25)10-14(12-21-17)13-23-6-8-24(9-7-23)20(26)16-4-3-5-16/h10-12,16H,2-9,13H2,1H3,(H,22,25). The van der Waals surface area contributed by atoms with Gasteiger partial charge in [-0.25, -0.2) is 0 Å². The van der Waals surface area contributed by atoms with Crippen molar-refractivity contribution in [3.63, 3.8) is 0 Å². The number of rotatable bonds is 4. The Kier molecular flexibility index (Phi) is 4.76. The largest absolute Gasteiger partial charge is 0.340 e. The summed E-state index contributed by atoms with van der Waals surface area (Å²) in [5, 5.41) is 0. The van der Waals surface area contributed by atoms with E-state index in [-0.39, 0.29) is 11.5 Å². The van der Waals surface area contributed by atoms with Crippen LogP contribution in [0, 0.1) is 5.92 Å². The molecule has 0 unspecified atom stereocenters. The minimum atomic E-state index is -0.0259. The van der Waals surface area contributed by atoms with Crippen LogP contribution in [0.5, 0.6) is 0 Å². The van der Waals surface area contributed by atoms with Gasteiger partial charge in [-0.1, -0.05) is 13.3 Å². The first-order valence-corrected chi connectivity index (χ1v) is 9.66. The summed E-state index contributed by atoms with van der Waals surface area (Å²) in [7, 11) is 0. The number of aryl methyl sites for hydroxylation is 1. The molecule has 1 amide bonds. The summed E-state index contributed by atoms with van der Waals surface area (Å²) < 4.78 is 0. The molecule has 1 aliphatic carbocycles. The Morgan fingerprint density at radius 3 is 2.65 bits per heavy atom. The molecule has 3 heterocycles. The first-order valence-electron chi connectivity index (χ1n) is 9.66. The van der Waals surface area contributed by atoms with Crippen molar-refractivity contribution >= 4 is 16.9 Å². The molecule has 1 N–H and O–H groups in total. The zero-order chi connectivity index (χ0) is 18.1. The summed E-state index contributed by atoms with van der Waals surface area (Å²) in [6.45, 7) is 6.18. The zero-order valence-electron chi connectivity index (χ0n) is 15.3. The second-order valence-electron chi connectivity index (χ2n) is 7.48. The molecule has 26 heavy (non-hydrogen) atoms. The second-order valence-corrected chi connectivity index (χ2v) is 7.48. The summed E-state index contributed by atoms with van der Waals surface area (Å²) in [5.41, 5.74) is 3.47. The van der Waals surface area contributed by atoms with Gasteiger partial charge in [-0.2, -0.15) is 0 Å². The van der Waals surface area contributed by atoms with E-state index in [2.05, 4.69) is 14.9 Å². The molecule has 138 valence electrons. The minimum absolute atomic E-state index is 0.0259. The van der Waals surface area contributed by atoms with Crippen LogP contribution in [0.4, 0.5) is 0 Å². The fourth-order valence-electron chi connectivity index (χ4n) is 3.81. The SMILES string of the molecule is CCc1cc2ncc(CN3CCN(C(=O)C4CCC4)CC3)cc2[nH]c1=O. The zero-order valence-corrected chi connectivity index (χ0v) is 15.3. The minimum Gasteiger partial charge on any atom is -0.340 e. The van der Waals surface area contributed by atoms with Crippen LogP contribution in [0.3, 0.4) is 0 Å². The number of aromatic amines is 1. The van der Waals surface area contributed by atoms with Crippen LogP contribution in [-0.4, -0.2) is 51.9 Å². The van der Waals surface area contributed by atoms with Gasteiger partial charge in [0, 0.05) is 50.4 Å². The van der Waals surface area contributed by atoms with E-state index >= 15 is 0 Å². The smallest absolute Gasteiger partial charge is 0.251 e. The quantitative estimate of drug-likeness (QED) is 0.911. The predicted molar refractivity (Wildman–Crippen MR) is 101 cm³/mol. The van der Waals surface area contributed by atoms with Crippen molar-refractivity contribution in [2.24, 2.45) is 5.92 Å². The molecule has 2 aromatic rings. The maximum atomic E-state index is 12.3. The van der Waals surface area contributed by atoms with Crippen molar-refractivity contribution in [3.05, 3.63) is 39.8 Å². The number of piperazine rings is 1. The number of fused-ring (bicyclic) bond motifs is 1. The average Bonchev–Trinajstić information content (AvgIpc) is 2.60. The van der Waals surface area contributed by atoms with E-state index in [0.717, 1.165) is 67.7 Å². The van der Waals surface area contributed by atoms with Crippen LogP contribution < -0.4 is 5.56 Å². The lowest BCUT2D eigenvalue weighted by molar-refractivity contribution is -0.140. The van der Waals surface area contributed by atoms with E-state index in [0.29, 0.717) is 12.3 Å². The van der Waals surface area contributed by atoms with Gasteiger partial charge in [0.25, 0.3) is 5.56 Å². The van der Waals surface area contributed by atoms with E-state index < -0.39 is 0 Å². The van der Waals surface area contributed by atoms with Gasteiger partial charge in [0.05, 0.1) is 11.0 Å². The molecule has 0 spiro atoms. The van der Waals surface area contributed by atoms with Gasteiger partial charge >= 0.3 is 0 Å². The Balaban J connectivity index is 1.40. The van der Waals surface area contributed by atoms with Crippen LogP contribution in [-0.2, 0) is 17.8 Å². The molecule has 6 nitrogen and oxygen atoms in total. The maximum Gasteiger partial charge on any atom is 0.251 e. The van der Waals surface area contributed by atoms with E-state index in [1.54, 1.807) is 0 Å². The van der Waals surface area contributed by atoms with Gasteiger partial charge in [-0.05, 0) is 37.0 Å². The molecule has 0 aromatic carbocycles. The van der Waals surface area contributed by atoms with Gasteiger partial charge in [-0.15, -0.1) is 0 Å². The molecular formula is C20H26N4O2. The molecule has 2 fully saturated rings. The number of nitrogens with zero attached hydrogens (tertiary/aromatic N) is 3. The number of carbonyl (C=O) groups excluding carboxylic acids is 1. The highest BCUT2D eigenvalue weighted by molar-refractivity contribution is 5.79. The number of amides is 1. The number of aromatic nitrogens is 2. The first kappa shape index (κ1) is 17.2. The lowest BCUT2D eigenvalue weighted by Gasteiger charge is -2.38. The highest BCUT2D eigenvalue weighted by Gasteiger charge is 2.31. The molecule has 0 atom stereocenters. The van der Waals surface area contributed by atoms with Crippen molar-refractivity contribution < 1.29 is 4.79 Å². The number of carbonyl (C=O) groups is 1. The van der Waals surface area contributed by atoms with E-state index in [9.17, 15) is 9.59 Å². The third-order valence-electron chi connectivity index (χ3n) is 5.75. The fraction of sp³-hybridized carbons (Fsp3) is 0.550. The molecule has 0 bridgehead atoms. The normalized spacial score (nSPS) is 18.9. The van der Waals surface area contributed by atoms with Crippen molar-refractivity contribution in [2.75, 3.05) is 26.2 Å². The highest BCUT2D eigenvalue weighted by Crippen LogP contribution is 2.28. The molecule has 1 saturated heterocycles. The molecule has 2 aliphatic rings. The van der Waals surface area contributed by atoms with Crippen LogP contribution in [0.15, 0.2) is 23.1 Å². The van der Waals surface area contributed by atoms with Gasteiger partial charge in [0.15, 0.2) is 0 Å². The molecule has 0 radical (unpaired) electrons. The number of nitrogens with one attached hydrogen (secondary N) is 1. The topological polar surface area (TPSA) is 69.3 Å². The van der Waals surface area contributed by atoms with E-state index in [4.69, 9.17) is 0 Å². The predicted octanol–water partition coefficient (Wildman–Crippen LogP) is 1.93. The number of pyridine rings is 2. The molecule has 1 aliphatic heterocycles. The monoisotopic (exact) mass is 354 g/mol. The van der Waals surface area contributed by atoms with Crippen molar-refractivity contribution in [2.45, 2.75) is 39.2 Å². The molecule has 1 saturated carbocycles. The van der Waals surface area contributed by atoms with Gasteiger partial charge in [0.2, 0.25) is 5.91 Å². The summed E-state index contributed by atoms with van der Waals surface area (Å²) in [6.07, 6.45) is 5.94. The Bertz CT molecular complexity index is 864. The Hall–Kier alpha value is -2.21. The first-order chi connectivity index (χ1) is 12.6. The Morgan fingerprint density at radius 1 is 1.23 bits per heavy atom. The van der Waals surface area contributed by atoms with E-state index in [1.165, 1.54) is 6.42 Å². The molecule has 4 rings (SSSR count). The third-order valence-corrected chi connectivity index (χ3v) is 5.75. The van der Waals surface area contributed by atoms with Crippen molar-refractivity contribution in [1.82, 2.24) is 19.8 Å². The lowest BCUT2D eigenvalue weighted by atomic mass is 9.84. The Labute approximate surface area is 153 Å². The molecule has 6 heteroatoms. The van der Waals surface area contributed by atoms with Crippen molar-refractivity contribution in [3.8, 4) is 0 Å². The van der Waals surface area contributed by atoms with Crippen molar-refractivity contribution in [1.29, 1.82) is 0 Å². The lowest BCUT2D eigenvalue weighted by Crippen LogP contribution is -2.50. The number of hydrogen-bond acceptors (Lipinski definition) is 4. The van der Waals surface area contributed by atoms with Crippen LogP contribution in [0.25, 0.3) is 11.0 Å². The summed E-state index contributed by atoms with van der Waals surface area (Å²) in [6, 6.07) is 3.90. The van der Waals surface area contributed by atoms with Crippen LogP contribution >= 0.6 is 0 Å². The van der Waals surface area contributed by atoms with Crippen LogP contribution in [0.2, 0.25) is 0 Å². The summed E-state index contributed by atoms with van der Waals surface area (Å²) >= 11 is 0. The maximum absolute atomic E-state index is 12.3. The highest BCUT2D eigenvalue weighted by atomic mass is 16.2.